The van der Waals surface area contributed by atoms with E-state index in [2.05, 4.69) is 27.0 Å². The van der Waals surface area contributed by atoms with Crippen LogP contribution in [-0.4, -0.2) is 46.5 Å². The zero-order valence-electron chi connectivity index (χ0n) is 13.9. The van der Waals surface area contributed by atoms with Crippen molar-refractivity contribution < 1.29 is 4.79 Å². The Labute approximate surface area is 142 Å². The molecule has 24 heavy (non-hydrogen) atoms. The molecule has 0 saturated carbocycles. The first-order valence-electron chi connectivity index (χ1n) is 8.54. The van der Waals surface area contributed by atoms with Crippen molar-refractivity contribution in [1.82, 2.24) is 14.9 Å². The molecular weight excluding hydrogens is 300 g/mol. The first-order valence-corrected chi connectivity index (χ1v) is 8.54. The van der Waals surface area contributed by atoms with Crippen molar-refractivity contribution in [3.05, 3.63) is 54.4 Å². The highest BCUT2D eigenvalue weighted by Gasteiger charge is 2.50. The number of carbonyl (C=O) groups is 1. The van der Waals surface area contributed by atoms with Crippen molar-refractivity contribution in [2.75, 3.05) is 25.0 Å². The van der Waals surface area contributed by atoms with Gasteiger partial charge in [-0.1, -0.05) is 30.3 Å². The Morgan fingerprint density at radius 3 is 2.38 bits per heavy atom. The summed E-state index contributed by atoms with van der Waals surface area (Å²) in [5.74, 6) is 1.04. The predicted octanol–water partition coefficient (Wildman–Crippen LogP) is 2.46. The molecule has 2 aliphatic heterocycles. The van der Waals surface area contributed by atoms with Crippen LogP contribution in [0, 0.1) is 0 Å². The Morgan fingerprint density at radius 1 is 1.04 bits per heavy atom. The first-order chi connectivity index (χ1) is 11.7. The Bertz CT molecular complexity index is 711. The number of benzene rings is 1. The van der Waals surface area contributed by atoms with E-state index in [-0.39, 0.29) is 17.4 Å². The fourth-order valence-electron chi connectivity index (χ4n) is 4.13. The largest absolute Gasteiger partial charge is 0.341 e. The standard InChI is InChI=1S/C19H22N4O/c1-22-17(24)16(15-6-3-2-4-7-15)14-19(22)8-12-23(13-9-19)18-20-10-5-11-21-18/h2-7,10-11,16H,8-9,12-14H2,1H3. The van der Waals surface area contributed by atoms with Crippen LogP contribution in [0.4, 0.5) is 5.95 Å². The van der Waals surface area contributed by atoms with Gasteiger partial charge in [-0.05, 0) is 30.9 Å². The number of amides is 1. The molecule has 1 unspecified atom stereocenters. The second kappa shape index (κ2) is 5.89. The first kappa shape index (κ1) is 15.1. The predicted molar refractivity (Wildman–Crippen MR) is 92.8 cm³/mol. The molecule has 3 heterocycles. The number of rotatable bonds is 2. The molecule has 1 aromatic heterocycles. The number of likely N-dealkylation sites (N-methyl/N-ethyl adjacent to an activating group) is 1. The minimum atomic E-state index is -0.0249. The molecule has 1 aromatic carbocycles. The average Bonchev–Trinajstić information content (AvgIpc) is 2.89. The van der Waals surface area contributed by atoms with Crippen molar-refractivity contribution in [3.63, 3.8) is 0 Å². The number of aromatic nitrogens is 2. The molecule has 2 aromatic rings. The molecule has 1 amide bonds. The normalized spacial score (nSPS) is 23.0. The second-order valence-corrected chi connectivity index (χ2v) is 6.82. The van der Waals surface area contributed by atoms with Crippen molar-refractivity contribution in [2.45, 2.75) is 30.7 Å². The maximum absolute atomic E-state index is 12.8. The topological polar surface area (TPSA) is 49.3 Å². The van der Waals surface area contributed by atoms with Crippen LogP contribution in [-0.2, 0) is 4.79 Å². The van der Waals surface area contributed by atoms with E-state index < -0.39 is 0 Å². The van der Waals surface area contributed by atoms with Crippen molar-refractivity contribution in [1.29, 1.82) is 0 Å². The number of hydrogen-bond donors (Lipinski definition) is 0. The van der Waals surface area contributed by atoms with Gasteiger partial charge in [0.15, 0.2) is 0 Å². The molecule has 0 aliphatic carbocycles. The molecule has 5 nitrogen and oxygen atoms in total. The summed E-state index contributed by atoms with van der Waals surface area (Å²) in [7, 11) is 1.97. The van der Waals surface area contributed by atoms with Crippen molar-refractivity contribution in [2.24, 2.45) is 0 Å². The number of hydrogen-bond acceptors (Lipinski definition) is 4. The molecule has 0 radical (unpaired) electrons. The molecule has 0 bridgehead atoms. The maximum Gasteiger partial charge on any atom is 0.230 e. The summed E-state index contributed by atoms with van der Waals surface area (Å²) in [6, 6.07) is 12.0. The summed E-state index contributed by atoms with van der Waals surface area (Å²) < 4.78 is 0. The SMILES string of the molecule is CN1C(=O)C(c2ccccc2)CC12CCN(c1ncccn1)CC2. The minimum Gasteiger partial charge on any atom is -0.341 e. The number of anilines is 1. The van der Waals surface area contributed by atoms with E-state index in [0.29, 0.717) is 0 Å². The van der Waals surface area contributed by atoms with Gasteiger partial charge in [0.2, 0.25) is 11.9 Å². The van der Waals surface area contributed by atoms with Gasteiger partial charge in [0.05, 0.1) is 5.92 Å². The monoisotopic (exact) mass is 322 g/mol. The van der Waals surface area contributed by atoms with Gasteiger partial charge < -0.3 is 9.80 Å². The molecule has 1 spiro atoms. The van der Waals surface area contributed by atoms with Crippen molar-refractivity contribution in [3.8, 4) is 0 Å². The fraction of sp³-hybridized carbons (Fsp3) is 0.421. The van der Waals surface area contributed by atoms with E-state index in [1.54, 1.807) is 12.4 Å². The van der Waals surface area contributed by atoms with Crippen LogP contribution in [0.5, 0.6) is 0 Å². The van der Waals surface area contributed by atoms with Gasteiger partial charge in [0.1, 0.15) is 0 Å². The highest BCUT2D eigenvalue weighted by Crippen LogP contribution is 2.45. The molecule has 4 rings (SSSR count). The number of carbonyl (C=O) groups excluding carboxylic acids is 1. The van der Waals surface area contributed by atoms with Gasteiger partial charge in [-0.3, -0.25) is 4.79 Å². The van der Waals surface area contributed by atoms with Crippen molar-refractivity contribution >= 4 is 11.9 Å². The molecule has 124 valence electrons. The quantitative estimate of drug-likeness (QED) is 0.852. The Hall–Kier alpha value is -2.43. The molecular formula is C19H22N4O. The Balaban J connectivity index is 1.52. The number of nitrogens with zero attached hydrogens (tertiary/aromatic N) is 4. The van der Waals surface area contributed by atoms with Gasteiger partial charge in [-0.25, -0.2) is 9.97 Å². The van der Waals surface area contributed by atoms with Crippen LogP contribution >= 0.6 is 0 Å². The van der Waals surface area contributed by atoms with Gasteiger partial charge in [-0.2, -0.15) is 0 Å². The van der Waals surface area contributed by atoms with Crippen LogP contribution in [0.1, 0.15) is 30.7 Å². The molecule has 0 N–H and O–H groups in total. The summed E-state index contributed by atoms with van der Waals surface area (Å²) in [4.78, 5) is 25.7. The van der Waals surface area contributed by atoms with E-state index in [4.69, 9.17) is 0 Å². The highest BCUT2D eigenvalue weighted by molar-refractivity contribution is 5.87. The zero-order chi connectivity index (χ0) is 16.6. The van der Waals surface area contributed by atoms with E-state index in [0.717, 1.165) is 43.9 Å². The van der Waals surface area contributed by atoms with E-state index >= 15 is 0 Å². The van der Waals surface area contributed by atoms with Crippen LogP contribution in [0.25, 0.3) is 0 Å². The summed E-state index contributed by atoms with van der Waals surface area (Å²) >= 11 is 0. The highest BCUT2D eigenvalue weighted by atomic mass is 16.2. The van der Waals surface area contributed by atoms with E-state index in [1.165, 1.54) is 0 Å². The second-order valence-electron chi connectivity index (χ2n) is 6.82. The van der Waals surface area contributed by atoms with Gasteiger partial charge in [0, 0.05) is 38.1 Å². The third-order valence-electron chi connectivity index (χ3n) is 5.66. The lowest BCUT2D eigenvalue weighted by Gasteiger charge is -2.43. The smallest absolute Gasteiger partial charge is 0.230 e. The summed E-state index contributed by atoms with van der Waals surface area (Å²) in [6.07, 6.45) is 6.41. The van der Waals surface area contributed by atoms with Crippen LogP contribution in [0.3, 0.4) is 0 Å². The van der Waals surface area contributed by atoms with E-state index in [1.807, 2.05) is 36.2 Å². The van der Waals surface area contributed by atoms with Crippen LogP contribution in [0.2, 0.25) is 0 Å². The molecule has 2 saturated heterocycles. The summed E-state index contributed by atoms with van der Waals surface area (Å²) in [5, 5.41) is 0. The Morgan fingerprint density at radius 2 is 1.71 bits per heavy atom. The van der Waals surface area contributed by atoms with E-state index in [9.17, 15) is 4.79 Å². The maximum atomic E-state index is 12.8. The molecule has 5 heteroatoms. The zero-order valence-corrected chi connectivity index (χ0v) is 13.9. The van der Waals surface area contributed by atoms with Crippen LogP contribution in [0.15, 0.2) is 48.8 Å². The molecule has 1 atom stereocenters. The van der Waals surface area contributed by atoms with Crippen LogP contribution < -0.4 is 4.90 Å². The van der Waals surface area contributed by atoms with Gasteiger partial charge in [-0.15, -0.1) is 0 Å². The third kappa shape index (κ3) is 2.44. The third-order valence-corrected chi connectivity index (χ3v) is 5.66. The lowest BCUT2D eigenvalue weighted by atomic mass is 9.81. The van der Waals surface area contributed by atoms with Gasteiger partial charge in [0.25, 0.3) is 0 Å². The lowest BCUT2D eigenvalue weighted by Crippen LogP contribution is -2.52. The summed E-state index contributed by atoms with van der Waals surface area (Å²) in [6.45, 7) is 1.78. The minimum absolute atomic E-state index is 0.00396. The average molecular weight is 322 g/mol. The Kier molecular flexibility index (Phi) is 3.71. The number of likely N-dealkylation sites (tertiary alicyclic amines) is 1. The van der Waals surface area contributed by atoms with Gasteiger partial charge >= 0.3 is 0 Å². The summed E-state index contributed by atoms with van der Waals surface area (Å²) in [5.41, 5.74) is 1.11. The fourth-order valence-corrected chi connectivity index (χ4v) is 4.13. The lowest BCUT2D eigenvalue weighted by molar-refractivity contribution is -0.131. The number of piperidine rings is 1. The molecule has 2 fully saturated rings. The molecule has 2 aliphatic rings.